The predicted molar refractivity (Wildman–Crippen MR) is 107 cm³/mol. The molecule has 1 fully saturated rings. The second kappa shape index (κ2) is 8.08. The van der Waals surface area contributed by atoms with E-state index in [-0.39, 0.29) is 18.3 Å². The number of rotatable bonds is 5. The number of carbonyl (C=O) groups excluding carboxylic acids is 3. The minimum absolute atomic E-state index is 0.0283. The first-order chi connectivity index (χ1) is 12.8. The molecule has 0 spiro atoms. The van der Waals surface area contributed by atoms with Crippen LogP contribution in [0, 0.1) is 0 Å². The summed E-state index contributed by atoms with van der Waals surface area (Å²) in [6.07, 6.45) is -0.350. The van der Waals surface area contributed by atoms with Crippen LogP contribution < -0.4 is 10.0 Å². The van der Waals surface area contributed by atoms with Gasteiger partial charge in [0.05, 0.1) is 6.42 Å². The average Bonchev–Trinajstić information content (AvgIpc) is 2.51. The number of benzene rings is 1. The number of imide groups is 1. The maximum Gasteiger partial charge on any atom is 0.332 e. The zero-order valence-electron chi connectivity index (χ0n) is 16.4. The number of urea groups is 1. The molecule has 0 aliphatic carbocycles. The third-order valence-electron chi connectivity index (χ3n) is 4.48. The fourth-order valence-corrected chi connectivity index (χ4v) is 4.64. The van der Waals surface area contributed by atoms with E-state index in [4.69, 9.17) is 11.6 Å². The third kappa shape index (κ3) is 4.47. The van der Waals surface area contributed by atoms with Crippen molar-refractivity contribution in [3.05, 3.63) is 28.3 Å². The Hall–Kier alpha value is -2.13. The molecule has 2 N–H and O–H groups in total. The van der Waals surface area contributed by atoms with Crippen molar-refractivity contribution in [2.45, 2.75) is 58.2 Å². The van der Waals surface area contributed by atoms with Crippen LogP contribution in [0.4, 0.5) is 10.5 Å². The van der Waals surface area contributed by atoms with Crippen molar-refractivity contribution < 1.29 is 22.8 Å². The molecule has 1 aromatic rings. The molecule has 1 saturated heterocycles. The second-order valence-corrected chi connectivity index (χ2v) is 9.59. The van der Waals surface area contributed by atoms with E-state index in [0.717, 1.165) is 18.1 Å². The lowest BCUT2D eigenvalue weighted by Gasteiger charge is -2.36. The van der Waals surface area contributed by atoms with Gasteiger partial charge in [0.1, 0.15) is 0 Å². The maximum atomic E-state index is 12.4. The van der Waals surface area contributed by atoms with E-state index >= 15 is 0 Å². The molecule has 8 nitrogen and oxygen atoms in total. The molecule has 1 atom stereocenters. The zero-order chi connectivity index (χ0) is 21.4. The first kappa shape index (κ1) is 22.2. The van der Waals surface area contributed by atoms with Crippen LogP contribution in [0.2, 0.25) is 5.02 Å². The van der Waals surface area contributed by atoms with Crippen molar-refractivity contribution in [2.75, 3.05) is 5.32 Å². The van der Waals surface area contributed by atoms with Crippen molar-refractivity contribution in [3.63, 3.8) is 0 Å². The molecule has 0 aromatic heterocycles. The number of hydrogen-bond acceptors (Lipinski definition) is 5. The van der Waals surface area contributed by atoms with Gasteiger partial charge in [-0.2, -0.15) is 0 Å². The molecule has 1 heterocycles. The first-order valence-corrected chi connectivity index (χ1v) is 10.8. The van der Waals surface area contributed by atoms with Crippen LogP contribution in [0.3, 0.4) is 0 Å². The number of nitrogens with zero attached hydrogens (tertiary/aromatic N) is 1. The molecule has 2 rings (SSSR count). The highest BCUT2D eigenvalue weighted by Crippen LogP contribution is 2.35. The highest BCUT2D eigenvalue weighted by Gasteiger charge is 2.48. The van der Waals surface area contributed by atoms with Crippen LogP contribution in [0.1, 0.15) is 64.0 Å². The second-order valence-electron chi connectivity index (χ2n) is 7.31. The van der Waals surface area contributed by atoms with Gasteiger partial charge in [-0.3, -0.25) is 14.5 Å². The quantitative estimate of drug-likeness (QED) is 0.698. The average molecular weight is 430 g/mol. The van der Waals surface area contributed by atoms with Crippen molar-refractivity contribution in [2.24, 2.45) is 0 Å². The van der Waals surface area contributed by atoms with Crippen molar-refractivity contribution in [1.82, 2.24) is 9.62 Å². The van der Waals surface area contributed by atoms with E-state index in [9.17, 15) is 22.8 Å². The molecular formula is C18H24ClN3O5S. The summed E-state index contributed by atoms with van der Waals surface area (Å²) in [7, 11) is -4.25. The molecule has 28 heavy (non-hydrogen) atoms. The summed E-state index contributed by atoms with van der Waals surface area (Å²) in [6.45, 7) is 8.82. The minimum Gasteiger partial charge on any atom is -0.307 e. The van der Waals surface area contributed by atoms with E-state index in [1.165, 1.54) is 0 Å². The van der Waals surface area contributed by atoms with Gasteiger partial charge in [0.25, 0.3) is 10.0 Å². The summed E-state index contributed by atoms with van der Waals surface area (Å²) in [5.74, 6) is -1.22. The lowest BCUT2D eigenvalue weighted by molar-refractivity contribution is -0.153. The van der Waals surface area contributed by atoms with E-state index in [1.807, 2.05) is 32.4 Å². The van der Waals surface area contributed by atoms with Crippen LogP contribution >= 0.6 is 11.6 Å². The SMILES string of the molecule is CC(=O)N1C(=O)CC1S(=O)(=O)NC(=O)Nc1c(C(C)C)cc(Cl)cc1C(C)C. The van der Waals surface area contributed by atoms with Gasteiger partial charge >= 0.3 is 6.03 Å². The standard InChI is InChI=1S/C18H24ClN3O5S/c1-9(2)13-6-12(19)7-14(10(3)4)17(13)20-18(25)21-28(26,27)16-8-15(24)22(16)11(5)23/h6-7,9-10,16H,8H2,1-5H3,(H2,20,21,25). The van der Waals surface area contributed by atoms with Crippen LogP contribution in [0.5, 0.6) is 0 Å². The summed E-state index contributed by atoms with van der Waals surface area (Å²) in [5, 5.41) is 1.74. The largest absolute Gasteiger partial charge is 0.332 e. The Morgan fingerprint density at radius 2 is 1.64 bits per heavy atom. The number of carbonyl (C=O) groups is 3. The molecule has 10 heteroatoms. The first-order valence-electron chi connectivity index (χ1n) is 8.83. The lowest BCUT2D eigenvalue weighted by Crippen LogP contribution is -2.61. The van der Waals surface area contributed by atoms with E-state index in [2.05, 4.69) is 5.32 Å². The zero-order valence-corrected chi connectivity index (χ0v) is 17.9. The van der Waals surface area contributed by atoms with Gasteiger partial charge in [-0.05, 0) is 35.1 Å². The van der Waals surface area contributed by atoms with Gasteiger partial charge in [-0.1, -0.05) is 39.3 Å². The van der Waals surface area contributed by atoms with E-state index < -0.39 is 33.2 Å². The van der Waals surface area contributed by atoms with Gasteiger partial charge in [-0.25, -0.2) is 17.9 Å². The Balaban J connectivity index is 2.28. The smallest absolute Gasteiger partial charge is 0.307 e. The molecule has 4 amide bonds. The monoisotopic (exact) mass is 429 g/mol. The summed E-state index contributed by atoms with van der Waals surface area (Å²) in [6, 6.07) is 2.49. The Morgan fingerprint density at radius 3 is 2.04 bits per heavy atom. The molecule has 0 bridgehead atoms. The van der Waals surface area contributed by atoms with E-state index in [0.29, 0.717) is 15.6 Å². The van der Waals surface area contributed by atoms with Crippen molar-refractivity contribution in [1.29, 1.82) is 0 Å². The normalized spacial score (nSPS) is 16.9. The molecule has 1 aliphatic rings. The van der Waals surface area contributed by atoms with Crippen molar-refractivity contribution >= 4 is 45.2 Å². The van der Waals surface area contributed by atoms with Gasteiger partial charge < -0.3 is 5.32 Å². The molecule has 1 unspecified atom stereocenters. The number of sulfonamides is 1. The van der Waals surface area contributed by atoms with Gasteiger partial charge in [0.2, 0.25) is 11.8 Å². The van der Waals surface area contributed by atoms with Gasteiger partial charge in [-0.15, -0.1) is 0 Å². The summed E-state index contributed by atoms with van der Waals surface area (Å²) >= 11 is 6.19. The Labute approximate surface area is 169 Å². The maximum absolute atomic E-state index is 12.4. The minimum atomic E-state index is -4.25. The molecule has 1 aromatic carbocycles. The van der Waals surface area contributed by atoms with Gasteiger partial charge in [0.15, 0.2) is 5.37 Å². The van der Waals surface area contributed by atoms with E-state index in [1.54, 1.807) is 12.1 Å². The van der Waals surface area contributed by atoms with Crippen LogP contribution in [0.15, 0.2) is 12.1 Å². The Morgan fingerprint density at radius 1 is 1.14 bits per heavy atom. The van der Waals surface area contributed by atoms with Crippen molar-refractivity contribution in [3.8, 4) is 0 Å². The molecule has 1 aliphatic heterocycles. The summed E-state index contributed by atoms with van der Waals surface area (Å²) in [4.78, 5) is 36.0. The number of anilines is 1. The summed E-state index contributed by atoms with van der Waals surface area (Å²) in [5.41, 5.74) is 2.04. The number of likely N-dealkylation sites (tertiary alicyclic amines) is 1. The highest BCUT2D eigenvalue weighted by molar-refractivity contribution is 7.90. The predicted octanol–water partition coefficient (Wildman–Crippen LogP) is 3.14. The van der Waals surface area contributed by atoms with Crippen LogP contribution in [-0.2, 0) is 19.6 Å². The van der Waals surface area contributed by atoms with Gasteiger partial charge in [0, 0.05) is 17.6 Å². The fourth-order valence-electron chi connectivity index (χ4n) is 3.06. The van der Waals surface area contributed by atoms with Crippen LogP contribution in [-0.4, -0.2) is 36.5 Å². The topological polar surface area (TPSA) is 113 Å². The number of β-lactam (4-membered cyclic amide) rings is 1. The van der Waals surface area contributed by atoms with Crippen LogP contribution in [0.25, 0.3) is 0 Å². The highest BCUT2D eigenvalue weighted by atomic mass is 35.5. The molecule has 0 saturated carbocycles. The number of amides is 4. The Kier molecular flexibility index (Phi) is 6.40. The molecule has 154 valence electrons. The number of halogens is 1. The summed E-state index contributed by atoms with van der Waals surface area (Å²) < 4.78 is 26.8. The molecular weight excluding hydrogens is 406 g/mol. The lowest BCUT2D eigenvalue weighted by atomic mass is 9.92. The number of nitrogens with one attached hydrogen (secondary N) is 2. The fraction of sp³-hybridized carbons (Fsp3) is 0.500. The molecule has 0 radical (unpaired) electrons. The third-order valence-corrected chi connectivity index (χ3v) is 6.27. The number of hydrogen-bond donors (Lipinski definition) is 2. The Bertz CT molecular complexity index is 890.